The number of benzene rings is 1. The second-order valence-electron chi connectivity index (χ2n) is 7.24. The lowest BCUT2D eigenvalue weighted by Crippen LogP contribution is -2.46. The van der Waals surface area contributed by atoms with Crippen LogP contribution in [0.1, 0.15) is 30.9 Å². The monoisotopic (exact) mass is 394 g/mol. The minimum atomic E-state index is -0.932. The van der Waals surface area contributed by atoms with Gasteiger partial charge in [0, 0.05) is 18.6 Å². The van der Waals surface area contributed by atoms with E-state index in [2.05, 4.69) is 11.8 Å². The van der Waals surface area contributed by atoms with Gasteiger partial charge in [0.2, 0.25) is 0 Å². The highest BCUT2D eigenvalue weighted by Crippen LogP contribution is 2.19. The molecule has 2 saturated heterocycles. The van der Waals surface area contributed by atoms with E-state index >= 15 is 0 Å². The summed E-state index contributed by atoms with van der Waals surface area (Å²) in [6.07, 6.45) is -3.79. The van der Waals surface area contributed by atoms with Gasteiger partial charge in [0.05, 0.1) is 24.9 Å². The van der Waals surface area contributed by atoms with E-state index in [1.807, 2.05) is 38.1 Å². The first-order chi connectivity index (χ1) is 13.3. The molecular formula is C21H30O7. The Bertz CT molecular complexity index is 668. The topological polar surface area (TPSA) is 120 Å². The highest BCUT2D eigenvalue weighted by atomic mass is 16.5. The molecule has 2 aliphatic heterocycles. The van der Waals surface area contributed by atoms with Gasteiger partial charge in [-0.05, 0) is 38.0 Å². The third-order valence-corrected chi connectivity index (χ3v) is 4.73. The Labute approximate surface area is 165 Å². The summed E-state index contributed by atoms with van der Waals surface area (Å²) < 4.78 is 10.5. The van der Waals surface area contributed by atoms with E-state index in [0.29, 0.717) is 19.4 Å². The van der Waals surface area contributed by atoms with E-state index < -0.39 is 36.6 Å². The summed E-state index contributed by atoms with van der Waals surface area (Å²) in [5.74, 6) is 5.87. The number of rotatable bonds is 1. The highest BCUT2D eigenvalue weighted by Gasteiger charge is 2.33. The van der Waals surface area contributed by atoms with E-state index in [4.69, 9.17) is 24.8 Å². The molecule has 7 heteroatoms. The maximum absolute atomic E-state index is 9.81. The molecule has 0 bridgehead atoms. The molecule has 0 radical (unpaired) electrons. The first-order valence-corrected chi connectivity index (χ1v) is 9.50. The van der Waals surface area contributed by atoms with Crippen molar-refractivity contribution >= 4 is 0 Å². The van der Waals surface area contributed by atoms with Crippen LogP contribution in [0.5, 0.6) is 0 Å². The van der Waals surface area contributed by atoms with Gasteiger partial charge in [-0.25, -0.2) is 0 Å². The van der Waals surface area contributed by atoms with Crippen molar-refractivity contribution in [3.63, 3.8) is 0 Å². The Morgan fingerprint density at radius 2 is 1.86 bits per heavy atom. The minimum Gasteiger partial charge on any atom is -0.394 e. The van der Waals surface area contributed by atoms with Crippen LogP contribution in [0, 0.1) is 18.8 Å². The van der Waals surface area contributed by atoms with Crippen molar-refractivity contribution in [3.8, 4) is 11.8 Å². The molecule has 0 saturated carbocycles. The number of aliphatic hydroxyl groups is 5. The van der Waals surface area contributed by atoms with E-state index in [9.17, 15) is 10.2 Å². The molecule has 2 fully saturated rings. The zero-order valence-corrected chi connectivity index (χ0v) is 16.2. The third kappa shape index (κ3) is 6.54. The molecule has 1 aromatic carbocycles. The first-order valence-electron chi connectivity index (χ1n) is 9.50. The Hall–Kier alpha value is -1.50. The molecule has 156 valence electrons. The van der Waals surface area contributed by atoms with Crippen molar-refractivity contribution in [1.82, 2.24) is 0 Å². The van der Waals surface area contributed by atoms with Gasteiger partial charge in [-0.2, -0.15) is 0 Å². The van der Waals surface area contributed by atoms with Gasteiger partial charge in [0.25, 0.3) is 0 Å². The second-order valence-corrected chi connectivity index (χ2v) is 7.24. The lowest BCUT2D eigenvalue weighted by atomic mass is 9.98. The average Bonchev–Trinajstić information content (AvgIpc) is 2.66. The van der Waals surface area contributed by atoms with Crippen LogP contribution in [0.3, 0.4) is 0 Å². The van der Waals surface area contributed by atoms with Gasteiger partial charge in [-0.15, -0.1) is 0 Å². The van der Waals surface area contributed by atoms with Crippen LogP contribution in [0.15, 0.2) is 24.3 Å². The summed E-state index contributed by atoms with van der Waals surface area (Å²) in [6.45, 7) is 4.04. The largest absolute Gasteiger partial charge is 0.394 e. The van der Waals surface area contributed by atoms with E-state index in [1.165, 1.54) is 0 Å². The number of aryl methyl sites for hydroxylation is 1. The number of hydrogen-bond donors (Lipinski definition) is 5. The van der Waals surface area contributed by atoms with Crippen molar-refractivity contribution < 1.29 is 35.0 Å². The van der Waals surface area contributed by atoms with Gasteiger partial charge in [-0.3, -0.25) is 0 Å². The second kappa shape index (κ2) is 10.9. The summed E-state index contributed by atoms with van der Waals surface area (Å²) >= 11 is 0. The molecular weight excluding hydrogens is 364 g/mol. The first kappa shape index (κ1) is 22.8. The molecule has 7 atom stereocenters. The number of hydrogen-bond acceptors (Lipinski definition) is 7. The van der Waals surface area contributed by atoms with Crippen LogP contribution in [0.2, 0.25) is 0 Å². The minimum absolute atomic E-state index is 0.0831. The molecule has 0 spiro atoms. The SMILES string of the molecule is Cc1cccc(C#CC2OC(C)CC(O)C2O)c1.OCC1OCCC(O)[C@@H]1O. The maximum atomic E-state index is 9.81. The molecule has 28 heavy (non-hydrogen) atoms. The van der Waals surface area contributed by atoms with E-state index in [-0.39, 0.29) is 12.7 Å². The zero-order chi connectivity index (χ0) is 20.7. The molecule has 1 aromatic rings. The smallest absolute Gasteiger partial charge is 0.147 e. The number of ether oxygens (including phenoxy) is 2. The fourth-order valence-corrected chi connectivity index (χ4v) is 3.08. The van der Waals surface area contributed by atoms with Crippen LogP contribution in [0.25, 0.3) is 0 Å². The van der Waals surface area contributed by atoms with Crippen molar-refractivity contribution in [1.29, 1.82) is 0 Å². The zero-order valence-electron chi connectivity index (χ0n) is 16.2. The highest BCUT2D eigenvalue weighted by molar-refractivity contribution is 5.37. The van der Waals surface area contributed by atoms with Gasteiger partial charge in [0.1, 0.15) is 24.4 Å². The lowest BCUT2D eigenvalue weighted by Gasteiger charge is -2.33. The molecule has 0 aromatic heterocycles. The standard InChI is InChI=1S/C15H18O3.C6H12O4/c1-10-4-3-5-12(8-10)6-7-14-15(17)13(16)9-11(2)18-14;7-3-5-6(9)4(8)1-2-10-5/h3-5,8,11,13-17H,9H2,1-2H3;4-9H,1-3H2/t;4?,5?,6-/m.0/s1. The van der Waals surface area contributed by atoms with Gasteiger partial charge < -0.3 is 35.0 Å². The summed E-state index contributed by atoms with van der Waals surface area (Å²) in [4.78, 5) is 0. The molecule has 3 rings (SSSR count). The fourth-order valence-electron chi connectivity index (χ4n) is 3.08. The summed E-state index contributed by atoms with van der Waals surface area (Å²) in [5.41, 5.74) is 2.03. The predicted molar refractivity (Wildman–Crippen MR) is 102 cm³/mol. The molecule has 2 heterocycles. The lowest BCUT2D eigenvalue weighted by molar-refractivity contribution is -0.147. The molecule has 7 nitrogen and oxygen atoms in total. The normalized spacial score (nSPS) is 35.2. The van der Waals surface area contributed by atoms with Crippen molar-refractivity contribution in [3.05, 3.63) is 35.4 Å². The fraction of sp³-hybridized carbons (Fsp3) is 0.619. The van der Waals surface area contributed by atoms with Crippen molar-refractivity contribution in [2.45, 2.75) is 69.4 Å². The van der Waals surface area contributed by atoms with Crippen LogP contribution in [-0.4, -0.2) is 81.5 Å². The van der Waals surface area contributed by atoms with Gasteiger partial charge >= 0.3 is 0 Å². The average molecular weight is 394 g/mol. The van der Waals surface area contributed by atoms with Crippen LogP contribution in [0.4, 0.5) is 0 Å². The third-order valence-electron chi connectivity index (χ3n) is 4.73. The van der Waals surface area contributed by atoms with Crippen LogP contribution >= 0.6 is 0 Å². The quantitative estimate of drug-likeness (QED) is 0.416. The van der Waals surface area contributed by atoms with Crippen LogP contribution < -0.4 is 0 Å². The van der Waals surface area contributed by atoms with Crippen molar-refractivity contribution in [2.24, 2.45) is 0 Å². The van der Waals surface area contributed by atoms with E-state index in [1.54, 1.807) is 0 Å². The van der Waals surface area contributed by atoms with Gasteiger partial charge in [-0.1, -0.05) is 24.0 Å². The summed E-state index contributed by atoms with van der Waals surface area (Å²) in [5, 5.41) is 46.2. The molecule has 0 amide bonds. The predicted octanol–water partition coefficient (Wildman–Crippen LogP) is -0.265. The summed E-state index contributed by atoms with van der Waals surface area (Å²) in [6, 6.07) is 7.83. The maximum Gasteiger partial charge on any atom is 0.147 e. The Balaban J connectivity index is 0.000000237. The Morgan fingerprint density at radius 1 is 1.11 bits per heavy atom. The van der Waals surface area contributed by atoms with Crippen LogP contribution in [-0.2, 0) is 9.47 Å². The number of aliphatic hydroxyl groups excluding tert-OH is 5. The van der Waals surface area contributed by atoms with E-state index in [0.717, 1.165) is 11.1 Å². The Morgan fingerprint density at radius 3 is 2.50 bits per heavy atom. The molecule has 6 unspecified atom stereocenters. The van der Waals surface area contributed by atoms with Gasteiger partial charge in [0.15, 0.2) is 0 Å². The molecule has 0 aliphatic carbocycles. The molecule has 2 aliphatic rings. The Kier molecular flexibility index (Phi) is 8.86. The summed E-state index contributed by atoms with van der Waals surface area (Å²) in [7, 11) is 0. The molecule has 5 N–H and O–H groups in total. The van der Waals surface area contributed by atoms with Crippen molar-refractivity contribution in [2.75, 3.05) is 13.2 Å².